The molecule has 0 saturated carbocycles. The zero-order valence-corrected chi connectivity index (χ0v) is 13.2. The van der Waals surface area contributed by atoms with Gasteiger partial charge in [0.25, 0.3) is 10.0 Å². The average Bonchev–Trinajstić information content (AvgIpc) is 3.07. The Hall–Kier alpha value is -2.54. The average molecular weight is 333 g/mol. The molecule has 2 aromatic rings. The Labute approximate surface area is 134 Å². The van der Waals surface area contributed by atoms with E-state index in [1.54, 1.807) is 24.3 Å². The Morgan fingerprint density at radius 3 is 2.70 bits per heavy atom. The Morgan fingerprint density at radius 1 is 1.22 bits per heavy atom. The number of ether oxygens (including phenoxy) is 1. The summed E-state index contributed by atoms with van der Waals surface area (Å²) in [5.74, 6) is -0.434. The third-order valence-electron chi connectivity index (χ3n) is 3.37. The van der Waals surface area contributed by atoms with Gasteiger partial charge < -0.3 is 9.15 Å². The van der Waals surface area contributed by atoms with Crippen LogP contribution in [0.1, 0.15) is 29.5 Å². The van der Waals surface area contributed by atoms with E-state index < -0.39 is 16.0 Å². The van der Waals surface area contributed by atoms with Gasteiger partial charge >= 0.3 is 5.97 Å². The maximum Gasteiger partial charge on any atom is 0.379 e. The molecule has 120 valence electrons. The second kappa shape index (κ2) is 5.92. The van der Waals surface area contributed by atoms with Crippen LogP contribution in [0.4, 0.5) is 0 Å². The highest BCUT2D eigenvalue weighted by Gasteiger charge is 2.32. The van der Waals surface area contributed by atoms with Crippen LogP contribution in [0.5, 0.6) is 0 Å². The van der Waals surface area contributed by atoms with Crippen LogP contribution in [-0.2, 0) is 14.8 Å². The van der Waals surface area contributed by atoms with E-state index in [-0.39, 0.29) is 16.4 Å². The van der Waals surface area contributed by atoms with Gasteiger partial charge in [-0.3, -0.25) is 4.31 Å². The summed E-state index contributed by atoms with van der Waals surface area (Å²) in [7, 11) is -3.63. The molecular weight excluding hydrogens is 318 g/mol. The number of carbonyl (C=O) groups is 1. The number of sulfonamides is 1. The summed E-state index contributed by atoms with van der Waals surface area (Å²) in [5, 5.41) is 0. The van der Waals surface area contributed by atoms with Gasteiger partial charge in [-0.2, -0.15) is 0 Å². The number of esters is 1. The van der Waals surface area contributed by atoms with Crippen LogP contribution in [-0.4, -0.2) is 25.2 Å². The predicted molar refractivity (Wildman–Crippen MR) is 82.7 cm³/mol. The number of furan rings is 1. The number of rotatable bonds is 4. The molecule has 1 aromatic heterocycles. The lowest BCUT2D eigenvalue weighted by molar-refractivity contribution is 0.0654. The monoisotopic (exact) mass is 333 g/mol. The molecule has 1 aliphatic rings. The zero-order valence-electron chi connectivity index (χ0n) is 12.4. The molecule has 0 fully saturated rings. The first-order valence-electron chi connectivity index (χ1n) is 7.13. The van der Waals surface area contributed by atoms with E-state index in [9.17, 15) is 13.2 Å². The molecule has 1 aromatic carbocycles. The minimum Gasteiger partial charge on any atom is -0.457 e. The fourth-order valence-corrected chi connectivity index (χ4v) is 3.93. The van der Waals surface area contributed by atoms with Crippen LogP contribution >= 0.6 is 0 Å². The van der Waals surface area contributed by atoms with Gasteiger partial charge in [-0.05, 0) is 30.7 Å². The van der Waals surface area contributed by atoms with E-state index in [0.29, 0.717) is 18.5 Å². The number of hydrogen-bond donors (Lipinski definition) is 0. The van der Waals surface area contributed by atoms with Crippen molar-refractivity contribution in [1.82, 2.24) is 4.31 Å². The van der Waals surface area contributed by atoms with E-state index in [2.05, 4.69) is 0 Å². The van der Waals surface area contributed by atoms with Gasteiger partial charge in [0.2, 0.25) is 5.76 Å². The van der Waals surface area contributed by atoms with Gasteiger partial charge in [0, 0.05) is 12.1 Å². The fourth-order valence-electron chi connectivity index (χ4n) is 2.32. The quantitative estimate of drug-likeness (QED) is 0.804. The van der Waals surface area contributed by atoms with E-state index >= 15 is 0 Å². The van der Waals surface area contributed by atoms with Crippen molar-refractivity contribution in [2.24, 2.45) is 0 Å². The van der Waals surface area contributed by atoms with Crippen LogP contribution in [0, 0.1) is 0 Å². The van der Waals surface area contributed by atoms with Crippen molar-refractivity contribution in [2.45, 2.75) is 18.2 Å². The maximum atomic E-state index is 12.6. The lowest BCUT2D eigenvalue weighted by atomic mass is 10.2. The first-order chi connectivity index (χ1) is 11.0. The third-order valence-corrected chi connectivity index (χ3v) is 5.19. The highest BCUT2D eigenvalue weighted by Crippen LogP contribution is 2.33. The largest absolute Gasteiger partial charge is 0.457 e. The molecule has 0 unspecified atom stereocenters. The molecular formula is C16H15NO5S. The van der Waals surface area contributed by atoms with Gasteiger partial charge in [-0.1, -0.05) is 19.1 Å². The molecule has 2 heterocycles. The molecule has 1 aliphatic heterocycles. The summed E-state index contributed by atoms with van der Waals surface area (Å²) in [6, 6.07) is 9.50. The number of hydrogen-bond acceptors (Lipinski definition) is 5. The second-order valence-electron chi connectivity index (χ2n) is 4.97. The van der Waals surface area contributed by atoms with Gasteiger partial charge in [-0.25, -0.2) is 13.2 Å². The number of carbonyl (C=O) groups excluding carboxylic acids is 1. The molecule has 23 heavy (non-hydrogen) atoms. The normalized spacial score (nSPS) is 15.7. The van der Waals surface area contributed by atoms with Crippen molar-refractivity contribution in [3.8, 4) is 0 Å². The minimum atomic E-state index is -3.63. The highest BCUT2D eigenvalue weighted by atomic mass is 32.2. The van der Waals surface area contributed by atoms with Gasteiger partial charge in [0.1, 0.15) is 0 Å². The molecule has 3 rings (SSSR count). The van der Waals surface area contributed by atoms with Crippen LogP contribution in [0.15, 0.2) is 58.2 Å². The Bertz CT molecular complexity index is 852. The van der Waals surface area contributed by atoms with Crippen molar-refractivity contribution < 1.29 is 22.4 Å². The molecule has 0 saturated heterocycles. The van der Waals surface area contributed by atoms with Crippen LogP contribution in [0.2, 0.25) is 0 Å². The standard InChI is InChI=1S/C16H15NO5S/c1-2-9-17-11-14(22-16(18)13-7-5-10-21-13)12-6-3-4-8-15(12)23(17,19)20/h3-8,10-11H,2,9H2,1H3. The highest BCUT2D eigenvalue weighted by molar-refractivity contribution is 7.89. The lowest BCUT2D eigenvalue weighted by Gasteiger charge is -2.27. The molecule has 0 radical (unpaired) electrons. The summed E-state index contributed by atoms with van der Waals surface area (Å²) >= 11 is 0. The summed E-state index contributed by atoms with van der Waals surface area (Å²) < 4.78 is 36.7. The van der Waals surface area contributed by atoms with Crippen molar-refractivity contribution in [2.75, 3.05) is 6.54 Å². The number of fused-ring (bicyclic) bond motifs is 1. The second-order valence-corrected chi connectivity index (χ2v) is 6.83. The molecule has 0 bridgehead atoms. The number of benzene rings is 1. The topological polar surface area (TPSA) is 76.8 Å². The first-order valence-corrected chi connectivity index (χ1v) is 8.57. The molecule has 0 spiro atoms. The first kappa shape index (κ1) is 15.4. The maximum absolute atomic E-state index is 12.6. The molecule has 0 aliphatic carbocycles. The number of nitrogens with zero attached hydrogens (tertiary/aromatic N) is 1. The summed E-state index contributed by atoms with van der Waals surface area (Å²) in [6.45, 7) is 2.18. The Balaban J connectivity index is 2.02. The van der Waals surface area contributed by atoms with E-state index in [1.807, 2.05) is 6.92 Å². The molecule has 6 nitrogen and oxygen atoms in total. The fraction of sp³-hybridized carbons (Fsp3) is 0.188. The molecule has 0 amide bonds. The van der Waals surface area contributed by atoms with Crippen molar-refractivity contribution >= 4 is 21.8 Å². The minimum absolute atomic E-state index is 0.0545. The smallest absolute Gasteiger partial charge is 0.379 e. The van der Waals surface area contributed by atoms with Crippen molar-refractivity contribution in [3.63, 3.8) is 0 Å². The SMILES string of the molecule is CCCN1C=C(OC(=O)c2ccco2)c2ccccc2S1(=O)=O. The zero-order chi connectivity index (χ0) is 16.4. The Morgan fingerprint density at radius 2 is 2.00 bits per heavy atom. The summed E-state index contributed by atoms with van der Waals surface area (Å²) in [5.41, 5.74) is 0.361. The lowest BCUT2D eigenvalue weighted by Crippen LogP contribution is -2.31. The van der Waals surface area contributed by atoms with Crippen LogP contribution in [0.25, 0.3) is 5.76 Å². The van der Waals surface area contributed by atoms with Crippen molar-refractivity contribution in [1.29, 1.82) is 0 Å². The van der Waals surface area contributed by atoms with Crippen molar-refractivity contribution in [3.05, 3.63) is 60.2 Å². The van der Waals surface area contributed by atoms with E-state index in [4.69, 9.17) is 9.15 Å². The van der Waals surface area contributed by atoms with Crippen LogP contribution < -0.4 is 0 Å². The van der Waals surface area contributed by atoms with Gasteiger partial charge in [0.15, 0.2) is 5.76 Å². The van der Waals surface area contributed by atoms with E-state index in [0.717, 1.165) is 0 Å². The predicted octanol–water partition coefficient (Wildman–Crippen LogP) is 2.85. The third kappa shape index (κ3) is 2.75. The van der Waals surface area contributed by atoms with Gasteiger partial charge in [-0.15, -0.1) is 0 Å². The Kier molecular flexibility index (Phi) is 3.96. The summed E-state index contributed by atoms with van der Waals surface area (Å²) in [6.07, 6.45) is 3.35. The summed E-state index contributed by atoms with van der Waals surface area (Å²) in [4.78, 5) is 12.2. The molecule has 0 atom stereocenters. The van der Waals surface area contributed by atoms with Crippen LogP contribution in [0.3, 0.4) is 0 Å². The molecule has 7 heteroatoms. The van der Waals surface area contributed by atoms with Gasteiger partial charge in [0.05, 0.1) is 17.4 Å². The molecule has 0 N–H and O–H groups in total. The van der Waals surface area contributed by atoms with E-state index in [1.165, 1.54) is 28.9 Å².